The highest BCUT2D eigenvalue weighted by atomic mass is 32.1. The Balaban J connectivity index is 1.23. The van der Waals surface area contributed by atoms with Gasteiger partial charge in [0.05, 0.1) is 43.6 Å². The van der Waals surface area contributed by atoms with E-state index >= 15 is 0 Å². The number of hydrogen-bond acceptors (Lipinski definition) is 9. The van der Waals surface area contributed by atoms with E-state index in [9.17, 15) is 9.59 Å². The largest absolute Gasteiger partial charge is 0.493 e. The van der Waals surface area contributed by atoms with Crippen LogP contribution in [0.1, 0.15) is 52.6 Å². The fraction of sp³-hybridized carbons (Fsp3) is 0.444. The molecular formula is C27H30N4O4S. The van der Waals surface area contributed by atoms with Crippen molar-refractivity contribution in [3.63, 3.8) is 0 Å². The molecule has 0 atom stereocenters. The average Bonchev–Trinajstić information content (AvgIpc) is 3.55. The van der Waals surface area contributed by atoms with Gasteiger partial charge in [0.15, 0.2) is 5.78 Å². The Labute approximate surface area is 214 Å². The molecule has 1 aromatic carbocycles. The van der Waals surface area contributed by atoms with Gasteiger partial charge in [-0.2, -0.15) is 0 Å². The van der Waals surface area contributed by atoms with Gasteiger partial charge in [-0.1, -0.05) is 6.92 Å². The van der Waals surface area contributed by atoms with Crippen molar-refractivity contribution in [1.82, 2.24) is 15.0 Å². The van der Waals surface area contributed by atoms with Crippen LogP contribution in [0.2, 0.25) is 0 Å². The fourth-order valence-corrected chi connectivity index (χ4v) is 5.77. The van der Waals surface area contributed by atoms with Crippen LogP contribution in [0.4, 0.5) is 5.82 Å². The van der Waals surface area contributed by atoms with Crippen LogP contribution in [-0.2, 0) is 28.8 Å². The topological polar surface area (TPSA) is 94.5 Å². The first-order chi connectivity index (χ1) is 17.6. The summed E-state index contributed by atoms with van der Waals surface area (Å²) in [5.41, 5.74) is 3.57. The third-order valence-electron chi connectivity index (χ3n) is 6.70. The minimum absolute atomic E-state index is 0.0589. The highest BCUT2D eigenvalue weighted by Gasteiger charge is 2.27. The summed E-state index contributed by atoms with van der Waals surface area (Å²) in [6.45, 7) is 6.49. The van der Waals surface area contributed by atoms with Crippen LogP contribution in [0, 0.1) is 5.92 Å². The van der Waals surface area contributed by atoms with E-state index in [1.165, 1.54) is 10.4 Å². The van der Waals surface area contributed by atoms with Crippen LogP contribution >= 0.6 is 11.3 Å². The third kappa shape index (κ3) is 5.11. The number of nitrogens with zero attached hydrogens (tertiary/aromatic N) is 4. The zero-order valence-electron chi connectivity index (χ0n) is 20.7. The number of thiazole rings is 1. The molecule has 3 aromatic rings. The summed E-state index contributed by atoms with van der Waals surface area (Å²) in [6.07, 6.45) is 6.62. The van der Waals surface area contributed by atoms with E-state index in [0.29, 0.717) is 25.4 Å². The van der Waals surface area contributed by atoms with Crippen molar-refractivity contribution < 1.29 is 19.1 Å². The monoisotopic (exact) mass is 506 g/mol. The first-order valence-electron chi connectivity index (χ1n) is 12.6. The molecule has 0 aliphatic carbocycles. The molecule has 2 aliphatic rings. The van der Waals surface area contributed by atoms with Gasteiger partial charge >= 0.3 is 5.97 Å². The normalized spacial score (nSPS) is 15.4. The number of hydrogen-bond donors (Lipinski definition) is 0. The molecule has 8 nitrogen and oxygen atoms in total. The van der Waals surface area contributed by atoms with Gasteiger partial charge in [-0.25, -0.2) is 15.0 Å². The highest BCUT2D eigenvalue weighted by molar-refractivity contribution is 7.12. The Bertz CT molecular complexity index is 1250. The summed E-state index contributed by atoms with van der Waals surface area (Å²) in [6, 6.07) is 6.21. The van der Waals surface area contributed by atoms with E-state index in [1.54, 1.807) is 23.7 Å². The lowest BCUT2D eigenvalue weighted by Crippen LogP contribution is -2.37. The van der Waals surface area contributed by atoms with Crippen LogP contribution in [0.25, 0.3) is 11.3 Å². The lowest BCUT2D eigenvalue weighted by atomic mass is 9.97. The van der Waals surface area contributed by atoms with Crippen molar-refractivity contribution in [2.45, 2.75) is 46.0 Å². The Hall–Kier alpha value is -3.33. The van der Waals surface area contributed by atoms with Crippen molar-refractivity contribution in [2.24, 2.45) is 5.92 Å². The third-order valence-corrected chi connectivity index (χ3v) is 7.90. The quantitative estimate of drug-likeness (QED) is 0.330. The maximum atomic E-state index is 13.0. The minimum atomic E-state index is -0.119. The first-order valence-corrected chi connectivity index (χ1v) is 13.4. The van der Waals surface area contributed by atoms with Crippen molar-refractivity contribution in [3.8, 4) is 17.0 Å². The zero-order chi connectivity index (χ0) is 25.1. The molecule has 2 aliphatic heterocycles. The van der Waals surface area contributed by atoms with E-state index in [0.717, 1.165) is 60.1 Å². The highest BCUT2D eigenvalue weighted by Crippen LogP contribution is 2.34. The number of piperidine rings is 1. The molecular weight excluding hydrogens is 476 g/mol. The summed E-state index contributed by atoms with van der Waals surface area (Å²) in [5.74, 6) is 1.40. The molecule has 1 fully saturated rings. The molecule has 0 spiro atoms. The van der Waals surface area contributed by atoms with Crippen LogP contribution in [-0.4, -0.2) is 53.0 Å². The van der Waals surface area contributed by atoms with Crippen molar-refractivity contribution in [2.75, 3.05) is 31.2 Å². The molecule has 0 bridgehead atoms. The number of carbonyl (C=O) groups is 2. The van der Waals surface area contributed by atoms with E-state index in [-0.39, 0.29) is 24.1 Å². The maximum Gasteiger partial charge on any atom is 0.309 e. The smallest absolute Gasteiger partial charge is 0.309 e. The van der Waals surface area contributed by atoms with E-state index in [2.05, 4.69) is 27.9 Å². The van der Waals surface area contributed by atoms with Gasteiger partial charge in [-0.05, 0) is 49.9 Å². The standard InChI is InChI=1S/C27H30N4O4S/c1-3-23-26(19-5-6-22-18(13-19)9-12-35-22)30-25(36-23)14-21(32)20-15-29-24(16-28-20)31-10-7-17(8-11-31)27(33)34-4-2/h5-6,13,15-17H,3-4,7-12,14H2,1-2H3. The molecule has 1 saturated heterocycles. The molecule has 9 heteroatoms. The summed E-state index contributed by atoms with van der Waals surface area (Å²) in [4.78, 5) is 41.9. The van der Waals surface area contributed by atoms with E-state index in [1.807, 2.05) is 19.1 Å². The minimum Gasteiger partial charge on any atom is -0.493 e. The molecule has 0 amide bonds. The Morgan fingerprint density at radius 3 is 2.72 bits per heavy atom. The van der Waals surface area contributed by atoms with Gasteiger partial charge < -0.3 is 14.4 Å². The van der Waals surface area contributed by atoms with Crippen LogP contribution in [0.15, 0.2) is 30.6 Å². The number of esters is 1. The Morgan fingerprint density at radius 1 is 1.17 bits per heavy atom. The number of ether oxygens (including phenoxy) is 2. The Kier molecular flexibility index (Phi) is 7.27. The molecule has 0 unspecified atom stereocenters. The van der Waals surface area contributed by atoms with Gasteiger partial charge in [0.2, 0.25) is 0 Å². The number of fused-ring (bicyclic) bond motifs is 1. The second-order valence-corrected chi connectivity index (χ2v) is 10.2. The predicted octanol–water partition coefficient (Wildman–Crippen LogP) is 4.30. The number of ketones is 1. The van der Waals surface area contributed by atoms with Gasteiger partial charge in [0, 0.05) is 30.0 Å². The molecule has 4 heterocycles. The SMILES string of the molecule is CCOC(=O)C1CCN(c2cnc(C(=O)Cc3nc(-c4ccc5c(c4)CCO5)c(CC)s3)cn2)CC1. The molecule has 0 saturated carbocycles. The number of aryl methyl sites for hydroxylation is 1. The number of aromatic nitrogens is 3. The average molecular weight is 507 g/mol. The van der Waals surface area contributed by atoms with Crippen LogP contribution in [0.3, 0.4) is 0 Å². The summed E-state index contributed by atoms with van der Waals surface area (Å²) < 4.78 is 10.8. The van der Waals surface area contributed by atoms with Crippen LogP contribution in [0.5, 0.6) is 5.75 Å². The molecule has 36 heavy (non-hydrogen) atoms. The molecule has 5 rings (SSSR count). The number of rotatable bonds is 8. The molecule has 188 valence electrons. The van der Waals surface area contributed by atoms with Gasteiger partial charge in [0.1, 0.15) is 22.3 Å². The van der Waals surface area contributed by atoms with Crippen molar-refractivity contribution >= 4 is 28.9 Å². The predicted molar refractivity (Wildman–Crippen MR) is 138 cm³/mol. The molecule has 0 N–H and O–H groups in total. The van der Waals surface area contributed by atoms with E-state index < -0.39 is 0 Å². The first kappa shape index (κ1) is 24.4. The Morgan fingerprint density at radius 2 is 2.00 bits per heavy atom. The number of carbonyl (C=O) groups excluding carboxylic acids is 2. The fourth-order valence-electron chi connectivity index (χ4n) is 4.74. The summed E-state index contributed by atoms with van der Waals surface area (Å²) >= 11 is 1.58. The van der Waals surface area contributed by atoms with Gasteiger partial charge in [0.25, 0.3) is 0 Å². The van der Waals surface area contributed by atoms with Crippen molar-refractivity contribution in [1.29, 1.82) is 0 Å². The summed E-state index contributed by atoms with van der Waals surface area (Å²) in [7, 11) is 0. The number of benzene rings is 1. The maximum absolute atomic E-state index is 13.0. The molecule has 0 radical (unpaired) electrons. The number of Topliss-reactive ketones (excluding diaryl/α,β-unsaturated/α-hetero) is 1. The van der Waals surface area contributed by atoms with Gasteiger partial charge in [-0.3, -0.25) is 9.59 Å². The lowest BCUT2D eigenvalue weighted by molar-refractivity contribution is -0.148. The van der Waals surface area contributed by atoms with Crippen molar-refractivity contribution in [3.05, 3.63) is 51.7 Å². The lowest BCUT2D eigenvalue weighted by Gasteiger charge is -2.31. The summed E-state index contributed by atoms with van der Waals surface area (Å²) in [5, 5.41) is 0.788. The number of anilines is 1. The van der Waals surface area contributed by atoms with E-state index in [4.69, 9.17) is 14.5 Å². The second-order valence-electron chi connectivity index (χ2n) is 9.03. The molecule has 2 aromatic heterocycles. The van der Waals surface area contributed by atoms with Gasteiger partial charge in [-0.15, -0.1) is 11.3 Å². The van der Waals surface area contributed by atoms with Crippen LogP contribution < -0.4 is 9.64 Å². The zero-order valence-corrected chi connectivity index (χ0v) is 21.5. The second kappa shape index (κ2) is 10.7.